The number of furan rings is 1. The molecule has 0 bridgehead atoms. The van der Waals surface area contributed by atoms with Crippen LogP contribution in [0.2, 0.25) is 5.02 Å². The third-order valence-electron chi connectivity index (χ3n) is 6.12. The van der Waals surface area contributed by atoms with Crippen LogP contribution in [0, 0.1) is 0 Å². The molecule has 1 amide bonds. The van der Waals surface area contributed by atoms with Gasteiger partial charge in [-0.15, -0.1) is 0 Å². The Morgan fingerprint density at radius 1 is 1.00 bits per heavy atom. The smallest absolute Gasteiger partial charge is 0.290 e. The molecule has 3 heterocycles. The van der Waals surface area contributed by atoms with Crippen LogP contribution >= 0.6 is 11.6 Å². The number of halogens is 1. The highest BCUT2D eigenvalue weighted by Gasteiger charge is 2.36. The highest BCUT2D eigenvalue weighted by Crippen LogP contribution is 2.39. The number of para-hydroxylation sites is 2. The lowest BCUT2D eigenvalue weighted by atomic mass is 9.92. The predicted molar refractivity (Wildman–Crippen MR) is 123 cm³/mol. The van der Waals surface area contributed by atoms with Crippen molar-refractivity contribution < 1.29 is 9.21 Å². The zero-order valence-electron chi connectivity index (χ0n) is 16.6. The number of benzene rings is 3. The zero-order valence-corrected chi connectivity index (χ0v) is 17.4. The first-order valence-corrected chi connectivity index (χ1v) is 10.7. The van der Waals surface area contributed by atoms with Gasteiger partial charge in [0.05, 0.1) is 6.04 Å². The molecule has 31 heavy (non-hydrogen) atoms. The first-order chi connectivity index (χ1) is 15.2. The maximum Gasteiger partial charge on any atom is 0.290 e. The number of carbonyl (C=O) groups is 1. The molecule has 0 spiro atoms. The summed E-state index contributed by atoms with van der Waals surface area (Å²) >= 11 is 6.15. The van der Waals surface area contributed by atoms with E-state index in [4.69, 9.17) is 16.0 Å². The molecule has 5 aromatic rings. The van der Waals surface area contributed by atoms with E-state index in [-0.39, 0.29) is 11.9 Å². The largest absolute Gasteiger partial charge is 0.451 e. The van der Waals surface area contributed by atoms with Gasteiger partial charge in [-0.05, 0) is 47.9 Å². The summed E-state index contributed by atoms with van der Waals surface area (Å²) in [7, 11) is 0. The van der Waals surface area contributed by atoms with E-state index in [1.54, 1.807) is 0 Å². The van der Waals surface area contributed by atoms with Crippen molar-refractivity contribution >= 4 is 39.4 Å². The highest BCUT2D eigenvalue weighted by molar-refractivity contribution is 6.30. The van der Waals surface area contributed by atoms with E-state index >= 15 is 0 Å². The van der Waals surface area contributed by atoms with Gasteiger partial charge in [-0.2, -0.15) is 0 Å². The monoisotopic (exact) mass is 426 g/mol. The maximum atomic E-state index is 13.6. The Morgan fingerprint density at radius 2 is 1.77 bits per heavy atom. The second-order valence-electron chi connectivity index (χ2n) is 7.91. The van der Waals surface area contributed by atoms with Crippen LogP contribution < -0.4 is 0 Å². The van der Waals surface area contributed by atoms with E-state index in [1.807, 2.05) is 65.6 Å². The van der Waals surface area contributed by atoms with Crippen LogP contribution in [0.15, 0.2) is 83.3 Å². The lowest BCUT2D eigenvalue weighted by molar-refractivity contribution is 0.0662. The molecular formula is C26H19ClN2O2. The van der Waals surface area contributed by atoms with Crippen LogP contribution in [0.25, 0.3) is 21.9 Å². The third-order valence-corrected chi connectivity index (χ3v) is 6.37. The fourth-order valence-corrected chi connectivity index (χ4v) is 4.81. The molecule has 0 fully saturated rings. The Kier molecular flexibility index (Phi) is 4.15. The standard InChI is InChI=1S/C26H19ClN2O2/c27-18-11-9-16(10-12-18)25-24-20(19-6-2-3-7-21(19)28-24)13-14-29(25)26(30)23-15-17-5-1-4-8-22(17)31-23/h1-12,15,25,28H,13-14H2/t25-/m1/s1. The molecule has 2 aromatic heterocycles. The fraction of sp³-hybridized carbons (Fsp3) is 0.115. The first kappa shape index (κ1) is 18.3. The number of aromatic amines is 1. The van der Waals surface area contributed by atoms with Gasteiger partial charge in [-0.25, -0.2) is 0 Å². The minimum absolute atomic E-state index is 0.111. The third kappa shape index (κ3) is 2.94. The average Bonchev–Trinajstić information content (AvgIpc) is 3.40. The second-order valence-corrected chi connectivity index (χ2v) is 8.35. The quantitative estimate of drug-likeness (QED) is 0.357. The lowest BCUT2D eigenvalue weighted by Gasteiger charge is -2.35. The van der Waals surface area contributed by atoms with Crippen molar-refractivity contribution in [1.82, 2.24) is 9.88 Å². The Morgan fingerprint density at radius 3 is 2.61 bits per heavy atom. The van der Waals surface area contributed by atoms with Crippen molar-refractivity contribution in [2.45, 2.75) is 12.5 Å². The molecular weight excluding hydrogens is 408 g/mol. The van der Waals surface area contributed by atoms with E-state index in [9.17, 15) is 4.79 Å². The number of hydrogen-bond acceptors (Lipinski definition) is 2. The second kappa shape index (κ2) is 7.03. The van der Waals surface area contributed by atoms with Gasteiger partial charge in [-0.3, -0.25) is 4.79 Å². The number of H-pyrrole nitrogens is 1. The summed E-state index contributed by atoms with van der Waals surface area (Å²) in [6.45, 7) is 0.609. The maximum absolute atomic E-state index is 13.6. The summed E-state index contributed by atoms with van der Waals surface area (Å²) in [6, 6.07) is 25.3. The van der Waals surface area contributed by atoms with Crippen LogP contribution in [-0.4, -0.2) is 22.3 Å². The number of carbonyl (C=O) groups excluding carboxylic acids is 1. The SMILES string of the molecule is O=C(c1cc2ccccc2o1)N1CCc2c([nH]c3ccccc23)[C@H]1c1ccc(Cl)cc1. The summed E-state index contributed by atoms with van der Waals surface area (Å²) in [5, 5.41) is 2.82. The molecule has 0 unspecified atom stereocenters. The van der Waals surface area contributed by atoms with Gasteiger partial charge in [0, 0.05) is 33.6 Å². The zero-order chi connectivity index (χ0) is 20.9. The van der Waals surface area contributed by atoms with Crippen molar-refractivity contribution in [2.75, 3.05) is 6.54 Å². The summed E-state index contributed by atoms with van der Waals surface area (Å²) in [4.78, 5) is 19.1. The Labute approximate surface area is 184 Å². The molecule has 152 valence electrons. The molecule has 0 radical (unpaired) electrons. The van der Waals surface area contributed by atoms with Gasteiger partial charge in [0.25, 0.3) is 5.91 Å². The first-order valence-electron chi connectivity index (χ1n) is 10.3. The fourth-order valence-electron chi connectivity index (χ4n) is 4.68. The molecule has 6 rings (SSSR count). The molecule has 0 saturated carbocycles. The molecule has 1 N–H and O–H groups in total. The molecule has 5 heteroatoms. The minimum Gasteiger partial charge on any atom is -0.451 e. The van der Waals surface area contributed by atoms with Gasteiger partial charge in [0.1, 0.15) is 5.58 Å². The number of fused-ring (bicyclic) bond motifs is 4. The number of nitrogens with one attached hydrogen (secondary N) is 1. The average molecular weight is 427 g/mol. The topological polar surface area (TPSA) is 49.2 Å². The van der Waals surface area contributed by atoms with Crippen molar-refractivity contribution in [1.29, 1.82) is 0 Å². The molecule has 3 aromatic carbocycles. The molecule has 0 aliphatic carbocycles. The molecule has 0 saturated heterocycles. The summed E-state index contributed by atoms with van der Waals surface area (Å²) in [5.74, 6) is 0.250. The molecule has 1 aliphatic heterocycles. The van der Waals surface area contributed by atoms with E-state index in [1.165, 1.54) is 10.9 Å². The predicted octanol–water partition coefficient (Wildman–Crippen LogP) is 6.36. The summed E-state index contributed by atoms with van der Waals surface area (Å²) < 4.78 is 5.91. The van der Waals surface area contributed by atoms with Gasteiger partial charge >= 0.3 is 0 Å². The van der Waals surface area contributed by atoms with Crippen molar-refractivity contribution in [3.05, 3.63) is 106 Å². The van der Waals surface area contributed by atoms with Crippen LogP contribution in [0.5, 0.6) is 0 Å². The van der Waals surface area contributed by atoms with Crippen molar-refractivity contribution in [3.8, 4) is 0 Å². The summed E-state index contributed by atoms with van der Waals surface area (Å²) in [6.07, 6.45) is 0.787. The van der Waals surface area contributed by atoms with Crippen LogP contribution in [0.4, 0.5) is 0 Å². The van der Waals surface area contributed by atoms with Crippen LogP contribution in [0.3, 0.4) is 0 Å². The number of amides is 1. The summed E-state index contributed by atoms with van der Waals surface area (Å²) in [5.41, 5.74) is 5.14. The molecule has 1 atom stereocenters. The van der Waals surface area contributed by atoms with E-state index in [0.717, 1.165) is 34.2 Å². The van der Waals surface area contributed by atoms with Crippen LogP contribution in [0.1, 0.15) is 33.4 Å². The van der Waals surface area contributed by atoms with Gasteiger partial charge in [0.15, 0.2) is 5.76 Å². The Hall–Kier alpha value is -3.50. The van der Waals surface area contributed by atoms with Gasteiger partial charge < -0.3 is 14.3 Å². The van der Waals surface area contributed by atoms with Crippen LogP contribution in [-0.2, 0) is 6.42 Å². The van der Waals surface area contributed by atoms with E-state index < -0.39 is 0 Å². The number of hydrogen-bond donors (Lipinski definition) is 1. The Bertz CT molecular complexity index is 1400. The minimum atomic E-state index is -0.242. The number of nitrogens with zero attached hydrogens (tertiary/aromatic N) is 1. The molecule has 1 aliphatic rings. The normalized spacial score (nSPS) is 16.0. The van der Waals surface area contributed by atoms with Crippen molar-refractivity contribution in [3.63, 3.8) is 0 Å². The molecule has 4 nitrogen and oxygen atoms in total. The Balaban J connectivity index is 1.50. The number of aromatic nitrogens is 1. The highest BCUT2D eigenvalue weighted by atomic mass is 35.5. The van der Waals surface area contributed by atoms with Crippen molar-refractivity contribution in [2.24, 2.45) is 0 Å². The van der Waals surface area contributed by atoms with E-state index in [0.29, 0.717) is 17.3 Å². The van der Waals surface area contributed by atoms with Gasteiger partial charge in [-0.1, -0.05) is 60.1 Å². The number of rotatable bonds is 2. The lowest BCUT2D eigenvalue weighted by Crippen LogP contribution is -2.40. The van der Waals surface area contributed by atoms with E-state index in [2.05, 4.69) is 23.2 Å². The van der Waals surface area contributed by atoms with Gasteiger partial charge in [0.2, 0.25) is 0 Å².